The van der Waals surface area contributed by atoms with Gasteiger partial charge in [-0.1, -0.05) is 5.16 Å². The first kappa shape index (κ1) is 16.5. The van der Waals surface area contributed by atoms with Gasteiger partial charge in [0, 0.05) is 23.7 Å². The van der Waals surface area contributed by atoms with Crippen LogP contribution >= 0.6 is 12.4 Å². The van der Waals surface area contributed by atoms with E-state index in [1.807, 2.05) is 30.3 Å². The first-order valence-electron chi connectivity index (χ1n) is 7.58. The van der Waals surface area contributed by atoms with Crippen molar-refractivity contribution in [2.45, 2.75) is 12.3 Å². The number of methoxy groups -OCH3 is 1. The van der Waals surface area contributed by atoms with Crippen molar-refractivity contribution in [2.75, 3.05) is 20.2 Å². The van der Waals surface area contributed by atoms with Crippen LogP contribution in [0.15, 0.2) is 34.9 Å². The summed E-state index contributed by atoms with van der Waals surface area (Å²) in [5.74, 6) is 2.22. The van der Waals surface area contributed by atoms with Gasteiger partial charge < -0.3 is 14.6 Å². The molecule has 0 radical (unpaired) electrons. The van der Waals surface area contributed by atoms with Crippen molar-refractivity contribution < 1.29 is 9.26 Å². The Kier molecular flexibility index (Phi) is 4.82. The fraction of sp³-hybridized carbons (Fsp3) is 0.312. The van der Waals surface area contributed by atoms with Crippen molar-refractivity contribution in [1.82, 2.24) is 25.7 Å². The van der Waals surface area contributed by atoms with E-state index in [4.69, 9.17) is 9.26 Å². The number of benzene rings is 1. The highest BCUT2D eigenvalue weighted by Gasteiger charge is 2.21. The molecule has 3 heterocycles. The van der Waals surface area contributed by atoms with Crippen LogP contribution in [0.4, 0.5) is 0 Å². The molecule has 1 aromatic carbocycles. The third-order valence-corrected chi connectivity index (χ3v) is 4.09. The SMILES string of the molecule is COc1ccc(-c2noc(-c3cc(C4CCNC4)[nH]n3)n2)cc1.Cl. The molecule has 3 aromatic rings. The fourth-order valence-corrected chi connectivity index (χ4v) is 2.76. The summed E-state index contributed by atoms with van der Waals surface area (Å²) in [6.07, 6.45) is 1.11. The van der Waals surface area contributed by atoms with E-state index in [0.29, 0.717) is 23.3 Å². The monoisotopic (exact) mass is 347 g/mol. The van der Waals surface area contributed by atoms with Crippen LogP contribution in [0.3, 0.4) is 0 Å². The van der Waals surface area contributed by atoms with Gasteiger partial charge in [-0.2, -0.15) is 10.1 Å². The zero-order valence-electron chi connectivity index (χ0n) is 13.2. The predicted molar refractivity (Wildman–Crippen MR) is 91.3 cm³/mol. The fourth-order valence-electron chi connectivity index (χ4n) is 2.76. The molecule has 1 fully saturated rings. The van der Waals surface area contributed by atoms with Gasteiger partial charge >= 0.3 is 0 Å². The zero-order valence-corrected chi connectivity index (χ0v) is 14.0. The molecular weight excluding hydrogens is 330 g/mol. The van der Waals surface area contributed by atoms with Crippen molar-refractivity contribution in [3.8, 4) is 28.7 Å². The number of aromatic nitrogens is 4. The van der Waals surface area contributed by atoms with Gasteiger partial charge in [-0.15, -0.1) is 12.4 Å². The van der Waals surface area contributed by atoms with E-state index >= 15 is 0 Å². The summed E-state index contributed by atoms with van der Waals surface area (Å²) >= 11 is 0. The Balaban J connectivity index is 0.00000169. The topological polar surface area (TPSA) is 88.9 Å². The van der Waals surface area contributed by atoms with Crippen LogP contribution in [0, 0.1) is 0 Å². The number of aromatic amines is 1. The summed E-state index contributed by atoms with van der Waals surface area (Å²) in [6, 6.07) is 9.51. The molecule has 2 aromatic heterocycles. The Morgan fingerprint density at radius 1 is 1.25 bits per heavy atom. The van der Waals surface area contributed by atoms with Gasteiger partial charge in [0.05, 0.1) is 7.11 Å². The molecule has 24 heavy (non-hydrogen) atoms. The molecule has 0 spiro atoms. The number of hydrogen-bond donors (Lipinski definition) is 2. The molecule has 4 rings (SSSR count). The Morgan fingerprint density at radius 3 is 2.79 bits per heavy atom. The number of ether oxygens (including phenoxy) is 1. The first-order valence-corrected chi connectivity index (χ1v) is 7.58. The van der Waals surface area contributed by atoms with E-state index < -0.39 is 0 Å². The number of halogens is 1. The molecule has 1 unspecified atom stereocenters. The maximum atomic E-state index is 5.35. The Morgan fingerprint density at radius 2 is 2.08 bits per heavy atom. The highest BCUT2D eigenvalue weighted by molar-refractivity contribution is 5.85. The van der Waals surface area contributed by atoms with Gasteiger partial charge in [-0.3, -0.25) is 5.10 Å². The predicted octanol–water partition coefficient (Wildman–Crippen LogP) is 2.63. The third kappa shape index (κ3) is 3.13. The van der Waals surface area contributed by atoms with Gasteiger partial charge in [0.1, 0.15) is 5.75 Å². The van der Waals surface area contributed by atoms with Gasteiger partial charge in [-0.25, -0.2) is 0 Å². The average molecular weight is 348 g/mol. The zero-order chi connectivity index (χ0) is 15.6. The lowest BCUT2D eigenvalue weighted by molar-refractivity contribution is 0.414. The van der Waals surface area contributed by atoms with Gasteiger partial charge in [0.15, 0.2) is 5.69 Å². The Hall–Kier alpha value is -2.38. The molecule has 0 bridgehead atoms. The largest absolute Gasteiger partial charge is 0.497 e. The number of nitrogens with zero attached hydrogens (tertiary/aromatic N) is 3. The van der Waals surface area contributed by atoms with Crippen LogP contribution in [-0.4, -0.2) is 40.5 Å². The maximum Gasteiger partial charge on any atom is 0.278 e. The molecule has 7 nitrogen and oxygen atoms in total. The summed E-state index contributed by atoms with van der Waals surface area (Å²) in [5, 5.41) is 14.7. The molecule has 1 saturated heterocycles. The van der Waals surface area contributed by atoms with Crippen molar-refractivity contribution in [3.05, 3.63) is 36.0 Å². The summed E-state index contributed by atoms with van der Waals surface area (Å²) in [7, 11) is 1.64. The minimum Gasteiger partial charge on any atom is -0.497 e. The van der Waals surface area contributed by atoms with E-state index in [-0.39, 0.29) is 12.4 Å². The molecule has 2 N–H and O–H groups in total. The van der Waals surface area contributed by atoms with Gasteiger partial charge in [0.2, 0.25) is 5.82 Å². The van der Waals surface area contributed by atoms with Crippen LogP contribution in [0.1, 0.15) is 18.0 Å². The third-order valence-electron chi connectivity index (χ3n) is 4.09. The van der Waals surface area contributed by atoms with E-state index in [9.17, 15) is 0 Å². The molecule has 126 valence electrons. The highest BCUT2D eigenvalue weighted by atomic mass is 35.5. The summed E-state index contributed by atoms with van der Waals surface area (Å²) in [5.41, 5.74) is 2.66. The average Bonchev–Trinajstić information content (AvgIpc) is 3.34. The maximum absolute atomic E-state index is 5.35. The molecule has 0 aliphatic carbocycles. The van der Waals surface area contributed by atoms with Crippen LogP contribution in [-0.2, 0) is 0 Å². The molecule has 1 aliphatic rings. The summed E-state index contributed by atoms with van der Waals surface area (Å²) < 4.78 is 10.5. The van der Waals surface area contributed by atoms with Gasteiger partial charge in [0.25, 0.3) is 5.89 Å². The van der Waals surface area contributed by atoms with Crippen LogP contribution in [0.5, 0.6) is 5.75 Å². The number of H-pyrrole nitrogens is 1. The van der Waals surface area contributed by atoms with Crippen LogP contribution in [0.2, 0.25) is 0 Å². The van der Waals surface area contributed by atoms with Crippen molar-refractivity contribution >= 4 is 12.4 Å². The van der Waals surface area contributed by atoms with Crippen LogP contribution in [0.25, 0.3) is 23.0 Å². The van der Waals surface area contributed by atoms with Gasteiger partial charge in [-0.05, 0) is 43.3 Å². The standard InChI is InChI=1S/C16H17N5O2.ClH/c1-22-12-4-2-10(3-5-12)15-18-16(23-21-15)14-8-13(19-20-14)11-6-7-17-9-11;/h2-5,8,11,17H,6-7,9H2,1H3,(H,19,20);1H. The van der Waals surface area contributed by atoms with Crippen LogP contribution < -0.4 is 10.1 Å². The van der Waals surface area contributed by atoms with Crippen molar-refractivity contribution in [3.63, 3.8) is 0 Å². The number of nitrogens with one attached hydrogen (secondary N) is 2. The minimum absolute atomic E-state index is 0. The smallest absolute Gasteiger partial charge is 0.278 e. The quantitative estimate of drug-likeness (QED) is 0.754. The molecule has 1 aliphatic heterocycles. The summed E-state index contributed by atoms with van der Waals surface area (Å²) in [4.78, 5) is 4.43. The molecule has 0 saturated carbocycles. The normalized spacial score (nSPS) is 16.8. The van der Waals surface area contributed by atoms with E-state index in [1.54, 1.807) is 7.11 Å². The second kappa shape index (κ2) is 7.02. The Labute approximate surface area is 145 Å². The van der Waals surface area contributed by atoms with Crippen molar-refractivity contribution in [2.24, 2.45) is 0 Å². The van der Waals surface area contributed by atoms with E-state index in [0.717, 1.165) is 36.5 Å². The van der Waals surface area contributed by atoms with Crippen molar-refractivity contribution in [1.29, 1.82) is 0 Å². The highest BCUT2D eigenvalue weighted by Crippen LogP contribution is 2.26. The lowest BCUT2D eigenvalue weighted by atomic mass is 10.1. The number of rotatable bonds is 4. The van der Waals surface area contributed by atoms with E-state index in [2.05, 4.69) is 25.7 Å². The minimum atomic E-state index is 0. The second-order valence-electron chi connectivity index (χ2n) is 5.55. The molecule has 8 heteroatoms. The summed E-state index contributed by atoms with van der Waals surface area (Å²) in [6.45, 7) is 2.02. The van der Waals surface area contributed by atoms with E-state index in [1.165, 1.54) is 0 Å². The Bertz CT molecular complexity index is 793. The first-order chi connectivity index (χ1) is 11.3. The molecule has 1 atom stereocenters. The molecule has 0 amide bonds. The lowest BCUT2D eigenvalue weighted by Gasteiger charge is -2.02. The second-order valence-corrected chi connectivity index (χ2v) is 5.55. The number of hydrogen-bond acceptors (Lipinski definition) is 6. The molecular formula is C16H18ClN5O2. The lowest BCUT2D eigenvalue weighted by Crippen LogP contribution is -2.08.